The molecule has 0 aliphatic carbocycles. The molecule has 37 heavy (non-hydrogen) atoms. The lowest BCUT2D eigenvalue weighted by Gasteiger charge is -2.20. The quantitative estimate of drug-likeness (QED) is 0.229. The molecule has 3 aromatic carbocycles. The standard InChI is InChI=1S/C28H29BrClN3O4/c1-17(2)25(32-27(34)21-9-11-22(30)12-10-21)28(35)33-31-15-20-13-23(29)26(24(14-20)36-4)37-16-19-7-5-18(3)6-8-19/h5-15,17,25H,16H2,1-4H3,(H,32,34)(H,33,35)/b31-15-. The van der Waals surface area contributed by atoms with Gasteiger partial charge in [-0.2, -0.15) is 5.10 Å². The van der Waals surface area contributed by atoms with Crippen molar-refractivity contribution in [2.45, 2.75) is 33.4 Å². The summed E-state index contributed by atoms with van der Waals surface area (Å²) in [6, 6.07) is 17.3. The van der Waals surface area contributed by atoms with Gasteiger partial charge < -0.3 is 14.8 Å². The van der Waals surface area contributed by atoms with Crippen LogP contribution in [-0.4, -0.2) is 31.2 Å². The molecule has 9 heteroatoms. The van der Waals surface area contributed by atoms with Gasteiger partial charge >= 0.3 is 0 Å². The van der Waals surface area contributed by atoms with Gasteiger partial charge in [-0.1, -0.05) is 55.3 Å². The summed E-state index contributed by atoms with van der Waals surface area (Å²) in [5.41, 5.74) is 5.82. The van der Waals surface area contributed by atoms with Crippen LogP contribution in [0.2, 0.25) is 5.02 Å². The molecule has 1 atom stereocenters. The summed E-state index contributed by atoms with van der Waals surface area (Å²) in [5.74, 6) is 0.117. The number of halogens is 2. The largest absolute Gasteiger partial charge is 0.493 e. The predicted octanol–water partition coefficient (Wildman–Crippen LogP) is 5.90. The molecule has 7 nitrogen and oxygen atoms in total. The maximum Gasteiger partial charge on any atom is 0.262 e. The number of hydrogen-bond donors (Lipinski definition) is 2. The molecular weight excluding hydrogens is 558 g/mol. The number of rotatable bonds is 10. The van der Waals surface area contributed by atoms with Crippen LogP contribution in [0.1, 0.15) is 40.9 Å². The third-order valence-corrected chi connectivity index (χ3v) is 6.33. The van der Waals surface area contributed by atoms with Crippen molar-refractivity contribution in [3.05, 3.63) is 92.4 Å². The monoisotopic (exact) mass is 585 g/mol. The summed E-state index contributed by atoms with van der Waals surface area (Å²) in [6.45, 7) is 6.10. The number of amides is 2. The van der Waals surface area contributed by atoms with E-state index in [0.29, 0.717) is 38.7 Å². The number of nitrogens with one attached hydrogen (secondary N) is 2. The second-order valence-electron chi connectivity index (χ2n) is 8.74. The van der Waals surface area contributed by atoms with Gasteiger partial charge in [0.1, 0.15) is 12.6 Å². The van der Waals surface area contributed by atoms with Crippen molar-refractivity contribution in [3.8, 4) is 11.5 Å². The molecule has 3 aromatic rings. The summed E-state index contributed by atoms with van der Waals surface area (Å²) in [4.78, 5) is 25.3. The Labute approximate surface area is 230 Å². The minimum Gasteiger partial charge on any atom is -0.493 e. The predicted molar refractivity (Wildman–Crippen MR) is 149 cm³/mol. The van der Waals surface area contributed by atoms with Gasteiger partial charge in [-0.3, -0.25) is 9.59 Å². The summed E-state index contributed by atoms with van der Waals surface area (Å²) < 4.78 is 12.2. The highest BCUT2D eigenvalue weighted by Gasteiger charge is 2.24. The minimum atomic E-state index is -0.779. The zero-order chi connectivity index (χ0) is 26.9. The number of hydrogen-bond acceptors (Lipinski definition) is 5. The van der Waals surface area contributed by atoms with E-state index in [2.05, 4.69) is 31.8 Å². The Balaban J connectivity index is 1.65. The van der Waals surface area contributed by atoms with Crippen LogP contribution >= 0.6 is 27.5 Å². The molecule has 0 saturated carbocycles. The molecule has 2 amide bonds. The second-order valence-corrected chi connectivity index (χ2v) is 10.0. The third-order valence-electron chi connectivity index (χ3n) is 5.49. The molecule has 0 bridgehead atoms. The van der Waals surface area contributed by atoms with Crippen LogP contribution in [0.25, 0.3) is 0 Å². The van der Waals surface area contributed by atoms with Gasteiger partial charge in [0.2, 0.25) is 0 Å². The molecule has 0 aliphatic rings. The van der Waals surface area contributed by atoms with E-state index in [-0.39, 0.29) is 11.8 Å². The van der Waals surface area contributed by atoms with Crippen molar-refractivity contribution in [1.29, 1.82) is 0 Å². The van der Waals surface area contributed by atoms with E-state index in [1.807, 2.05) is 51.1 Å². The van der Waals surface area contributed by atoms with Gasteiger partial charge in [0.05, 0.1) is 17.8 Å². The van der Waals surface area contributed by atoms with E-state index in [1.54, 1.807) is 37.4 Å². The molecule has 3 rings (SSSR count). The highest BCUT2D eigenvalue weighted by Crippen LogP contribution is 2.36. The van der Waals surface area contributed by atoms with Crippen LogP contribution in [0, 0.1) is 12.8 Å². The number of methoxy groups -OCH3 is 1. The van der Waals surface area contributed by atoms with Crippen LogP contribution < -0.4 is 20.2 Å². The van der Waals surface area contributed by atoms with Crippen LogP contribution in [0.3, 0.4) is 0 Å². The van der Waals surface area contributed by atoms with Crippen molar-refractivity contribution in [2.24, 2.45) is 11.0 Å². The first-order chi connectivity index (χ1) is 17.7. The summed E-state index contributed by atoms with van der Waals surface area (Å²) in [7, 11) is 1.56. The molecule has 0 heterocycles. The summed E-state index contributed by atoms with van der Waals surface area (Å²) >= 11 is 9.42. The van der Waals surface area contributed by atoms with E-state index in [9.17, 15) is 9.59 Å². The number of nitrogens with zero attached hydrogens (tertiary/aromatic N) is 1. The minimum absolute atomic E-state index is 0.161. The average Bonchev–Trinajstić information content (AvgIpc) is 2.87. The molecule has 2 N–H and O–H groups in total. The van der Waals surface area contributed by atoms with E-state index in [1.165, 1.54) is 11.8 Å². The van der Waals surface area contributed by atoms with Gasteiger partial charge in [-0.15, -0.1) is 0 Å². The molecule has 1 unspecified atom stereocenters. The molecular formula is C28H29BrClN3O4. The number of hydrazone groups is 1. The Morgan fingerprint density at radius 1 is 1.08 bits per heavy atom. The number of carbonyl (C=O) groups excluding carboxylic acids is 2. The van der Waals surface area contributed by atoms with Crippen molar-refractivity contribution >= 4 is 45.6 Å². The van der Waals surface area contributed by atoms with Gasteiger partial charge in [-0.05, 0) is 76.3 Å². The number of aryl methyl sites for hydroxylation is 1. The van der Waals surface area contributed by atoms with Crippen molar-refractivity contribution in [2.75, 3.05) is 7.11 Å². The van der Waals surface area contributed by atoms with E-state index in [0.717, 1.165) is 5.56 Å². The van der Waals surface area contributed by atoms with Crippen LogP contribution in [0.5, 0.6) is 11.5 Å². The first kappa shape index (κ1) is 28.2. The molecule has 194 valence electrons. The van der Waals surface area contributed by atoms with Crippen molar-refractivity contribution in [1.82, 2.24) is 10.7 Å². The molecule has 0 fully saturated rings. The first-order valence-corrected chi connectivity index (χ1v) is 12.8. The van der Waals surface area contributed by atoms with Gasteiger partial charge in [0, 0.05) is 10.6 Å². The fourth-order valence-electron chi connectivity index (χ4n) is 3.39. The second kappa shape index (κ2) is 13.3. The number of ether oxygens (including phenoxy) is 2. The number of benzene rings is 3. The Hall–Kier alpha value is -3.36. The lowest BCUT2D eigenvalue weighted by atomic mass is 10.0. The van der Waals surface area contributed by atoms with Crippen molar-refractivity contribution < 1.29 is 19.1 Å². The topological polar surface area (TPSA) is 89.0 Å². The van der Waals surface area contributed by atoms with Gasteiger partial charge in [-0.25, -0.2) is 5.43 Å². The Morgan fingerprint density at radius 2 is 1.76 bits per heavy atom. The number of carbonyl (C=O) groups is 2. The Kier molecular flexibility index (Phi) is 10.1. The van der Waals surface area contributed by atoms with E-state index >= 15 is 0 Å². The lowest BCUT2D eigenvalue weighted by molar-refractivity contribution is -0.123. The highest BCUT2D eigenvalue weighted by molar-refractivity contribution is 9.10. The zero-order valence-corrected chi connectivity index (χ0v) is 23.4. The normalized spacial score (nSPS) is 11.9. The van der Waals surface area contributed by atoms with Gasteiger partial charge in [0.15, 0.2) is 11.5 Å². The smallest absolute Gasteiger partial charge is 0.262 e. The maximum atomic E-state index is 12.8. The summed E-state index contributed by atoms with van der Waals surface area (Å²) in [5, 5.41) is 7.35. The molecule has 0 saturated heterocycles. The molecule has 0 aliphatic heterocycles. The molecule has 0 radical (unpaired) electrons. The van der Waals surface area contributed by atoms with Gasteiger partial charge in [0.25, 0.3) is 11.8 Å². The third kappa shape index (κ3) is 8.06. The average molecular weight is 587 g/mol. The van der Waals surface area contributed by atoms with Crippen LogP contribution in [0.4, 0.5) is 0 Å². The van der Waals surface area contributed by atoms with Crippen LogP contribution in [-0.2, 0) is 11.4 Å². The van der Waals surface area contributed by atoms with Crippen LogP contribution in [0.15, 0.2) is 70.2 Å². The molecule has 0 spiro atoms. The van der Waals surface area contributed by atoms with Crippen molar-refractivity contribution in [3.63, 3.8) is 0 Å². The highest BCUT2D eigenvalue weighted by atomic mass is 79.9. The maximum absolute atomic E-state index is 12.8. The SMILES string of the molecule is COc1cc(/C=N\NC(=O)C(NC(=O)c2ccc(Cl)cc2)C(C)C)cc(Br)c1OCc1ccc(C)cc1. The fraction of sp³-hybridized carbons (Fsp3) is 0.250. The summed E-state index contributed by atoms with van der Waals surface area (Å²) in [6.07, 6.45) is 1.49. The van der Waals surface area contributed by atoms with E-state index in [4.69, 9.17) is 21.1 Å². The molecule has 0 aromatic heterocycles. The lowest BCUT2D eigenvalue weighted by Crippen LogP contribution is -2.48. The zero-order valence-electron chi connectivity index (χ0n) is 21.0. The van der Waals surface area contributed by atoms with E-state index < -0.39 is 11.9 Å². The Morgan fingerprint density at radius 3 is 2.38 bits per heavy atom. The fourth-order valence-corrected chi connectivity index (χ4v) is 4.10. The Bertz CT molecular complexity index is 1260. The first-order valence-electron chi connectivity index (χ1n) is 11.6.